The van der Waals surface area contributed by atoms with E-state index in [9.17, 15) is 0 Å². The van der Waals surface area contributed by atoms with Gasteiger partial charge in [0.05, 0.1) is 0 Å². The van der Waals surface area contributed by atoms with Gasteiger partial charge >= 0.3 is 0 Å². The fourth-order valence-electron chi connectivity index (χ4n) is 0.464. The minimum Gasteiger partial charge on any atom is -0.485 e. The van der Waals surface area contributed by atoms with Gasteiger partial charge in [0.25, 0.3) is 0 Å². The molecule has 0 amide bonds. The Morgan fingerprint density at radius 2 is 2.00 bits per heavy atom. The van der Waals surface area contributed by atoms with E-state index in [2.05, 4.69) is 11.1 Å². The Morgan fingerprint density at radius 1 is 1.36 bits per heavy atom. The summed E-state index contributed by atoms with van der Waals surface area (Å²) in [4.78, 5) is 3.42. The van der Waals surface area contributed by atoms with Gasteiger partial charge in [-0.05, 0) is 0 Å². The van der Waals surface area contributed by atoms with Crippen molar-refractivity contribution in [1.29, 1.82) is 0 Å². The van der Waals surface area contributed by atoms with Crippen molar-refractivity contribution in [3.05, 3.63) is 30.3 Å². The number of benzene rings is 1. The van der Waals surface area contributed by atoms with Crippen LogP contribution in [0.1, 0.15) is 13.8 Å². The topological polar surface area (TPSA) is 12.4 Å². The second kappa shape index (κ2) is 9.99. The zero-order valence-corrected chi connectivity index (χ0v) is 9.75. The van der Waals surface area contributed by atoms with E-state index in [1.165, 1.54) is 0 Å². The second-order valence-corrected chi connectivity index (χ2v) is 1.38. The minimum atomic E-state index is 0. The standard InChI is InChI=1S/C7H5N.C2H6.Y/c1-8-7-5-3-2-4-6-7;1-2;/h1-5H;1-2H3;/q-2;;. The molecule has 0 saturated carbocycles. The number of aliphatic imine (C=N–C) groups is 1. The van der Waals surface area contributed by atoms with E-state index >= 15 is 0 Å². The second-order valence-electron chi connectivity index (χ2n) is 1.38. The quantitative estimate of drug-likeness (QED) is 0.511. The van der Waals surface area contributed by atoms with E-state index in [4.69, 9.17) is 6.72 Å². The molecule has 0 atom stereocenters. The van der Waals surface area contributed by atoms with Crippen molar-refractivity contribution in [3.8, 4) is 0 Å². The minimum absolute atomic E-state index is 0. The van der Waals surface area contributed by atoms with Gasteiger partial charge in [-0.3, -0.25) is 6.07 Å². The van der Waals surface area contributed by atoms with E-state index < -0.39 is 0 Å². The molecule has 0 aliphatic rings. The summed E-state index contributed by atoms with van der Waals surface area (Å²) in [5.74, 6) is 0. The Morgan fingerprint density at radius 3 is 2.27 bits per heavy atom. The van der Waals surface area contributed by atoms with Crippen molar-refractivity contribution in [3.63, 3.8) is 0 Å². The summed E-state index contributed by atoms with van der Waals surface area (Å²) in [5, 5.41) is 0. The van der Waals surface area contributed by atoms with Gasteiger partial charge < -0.3 is 4.99 Å². The Balaban J connectivity index is 0. The molecule has 2 heteroatoms. The van der Waals surface area contributed by atoms with Crippen LogP contribution in [-0.4, -0.2) is 6.72 Å². The molecular weight excluding hydrogens is 211 g/mol. The summed E-state index contributed by atoms with van der Waals surface area (Å²) >= 11 is 0. The van der Waals surface area contributed by atoms with Crippen LogP contribution in [0.3, 0.4) is 0 Å². The number of para-hydroxylation sites is 1. The Kier molecular flexibility index (Phi) is 12.3. The molecule has 0 bridgehead atoms. The molecule has 0 aliphatic heterocycles. The first kappa shape index (κ1) is 13.6. The summed E-state index contributed by atoms with van der Waals surface area (Å²) in [5.41, 5.74) is 0.688. The number of nitrogens with zero attached hydrogens (tertiary/aromatic N) is 1. The van der Waals surface area contributed by atoms with Crippen LogP contribution in [-0.2, 0) is 32.7 Å². The summed E-state index contributed by atoms with van der Waals surface area (Å²) in [6, 6.07) is 10.1. The average Bonchev–Trinajstić information content (AvgIpc) is 2.10. The van der Waals surface area contributed by atoms with Crippen molar-refractivity contribution >= 4 is 12.4 Å². The zero-order valence-electron chi connectivity index (χ0n) is 6.91. The van der Waals surface area contributed by atoms with Gasteiger partial charge in [-0.1, -0.05) is 13.8 Å². The van der Waals surface area contributed by atoms with Crippen LogP contribution in [0.5, 0.6) is 0 Å². The van der Waals surface area contributed by atoms with Gasteiger partial charge in [-0.25, -0.2) is 11.8 Å². The molecule has 0 N–H and O–H groups in total. The molecule has 1 aromatic rings. The fourth-order valence-corrected chi connectivity index (χ4v) is 0.464. The van der Waals surface area contributed by atoms with Crippen molar-refractivity contribution in [1.82, 2.24) is 0 Å². The van der Waals surface area contributed by atoms with Crippen LogP contribution in [0.15, 0.2) is 29.3 Å². The zero-order chi connectivity index (χ0) is 7.82. The Bertz CT molecular complexity index is 172. The molecule has 1 nitrogen and oxygen atoms in total. The molecule has 0 unspecified atom stereocenters. The van der Waals surface area contributed by atoms with E-state index in [1.807, 2.05) is 26.0 Å². The van der Waals surface area contributed by atoms with Crippen molar-refractivity contribution < 1.29 is 32.7 Å². The van der Waals surface area contributed by atoms with Gasteiger partial charge in [0.15, 0.2) is 0 Å². The molecule has 11 heavy (non-hydrogen) atoms. The molecule has 1 radical (unpaired) electrons. The first-order valence-electron chi connectivity index (χ1n) is 3.31. The van der Waals surface area contributed by atoms with Crippen LogP contribution < -0.4 is 0 Å². The maximum atomic E-state index is 4.94. The molecule has 0 heterocycles. The van der Waals surface area contributed by atoms with Crippen LogP contribution >= 0.6 is 0 Å². The van der Waals surface area contributed by atoms with Crippen LogP contribution in [0, 0.1) is 6.07 Å². The van der Waals surface area contributed by atoms with Crippen LogP contribution in [0.25, 0.3) is 0 Å². The maximum Gasteiger partial charge on any atom is 0 e. The largest absolute Gasteiger partial charge is 0.485 e. The Labute approximate surface area is 93.8 Å². The fraction of sp³-hybridized carbons (Fsp3) is 0.222. The number of hydrogen-bond donors (Lipinski definition) is 0. The predicted molar refractivity (Wildman–Crippen MR) is 44.8 cm³/mol. The third-order valence-corrected chi connectivity index (χ3v) is 0.832. The van der Waals surface area contributed by atoms with Crippen molar-refractivity contribution in [2.45, 2.75) is 13.8 Å². The molecule has 1 rings (SSSR count). The third kappa shape index (κ3) is 6.39. The summed E-state index contributed by atoms with van der Waals surface area (Å²) in [6.45, 7) is 8.94. The molecule has 1 aromatic carbocycles. The van der Waals surface area contributed by atoms with Crippen LogP contribution in [0.2, 0.25) is 0 Å². The average molecular weight is 222 g/mol. The van der Waals surface area contributed by atoms with Gasteiger partial charge in [-0.15, -0.1) is 0 Å². The summed E-state index contributed by atoms with van der Waals surface area (Å²) in [6.07, 6.45) is 0. The molecule has 0 fully saturated rings. The molecule has 0 spiro atoms. The molecule has 0 aliphatic carbocycles. The normalized spacial score (nSPS) is 6.73. The summed E-state index contributed by atoms with van der Waals surface area (Å²) in [7, 11) is 0. The summed E-state index contributed by atoms with van der Waals surface area (Å²) < 4.78 is 0. The third-order valence-electron chi connectivity index (χ3n) is 0.832. The molecule has 0 saturated heterocycles. The van der Waals surface area contributed by atoms with Gasteiger partial charge in [0.1, 0.15) is 0 Å². The first-order valence-corrected chi connectivity index (χ1v) is 3.31. The van der Waals surface area contributed by atoms with E-state index in [-0.39, 0.29) is 32.7 Å². The predicted octanol–water partition coefficient (Wildman–Crippen LogP) is 2.72. The number of rotatable bonds is 1. The van der Waals surface area contributed by atoms with Gasteiger partial charge in [0.2, 0.25) is 0 Å². The number of hydrogen-bond acceptors (Lipinski definition) is 1. The van der Waals surface area contributed by atoms with Crippen LogP contribution in [0.4, 0.5) is 5.69 Å². The molecule has 57 valence electrons. The van der Waals surface area contributed by atoms with Crippen molar-refractivity contribution in [2.24, 2.45) is 4.99 Å². The van der Waals surface area contributed by atoms with E-state index in [0.29, 0.717) is 5.69 Å². The van der Waals surface area contributed by atoms with Crippen molar-refractivity contribution in [2.75, 3.05) is 0 Å². The Hall–Kier alpha value is -0.00610. The van der Waals surface area contributed by atoms with Gasteiger partial charge in [0, 0.05) is 32.7 Å². The van der Waals surface area contributed by atoms with E-state index in [0.717, 1.165) is 0 Å². The van der Waals surface area contributed by atoms with E-state index in [1.54, 1.807) is 12.1 Å². The smallest absolute Gasteiger partial charge is 0 e. The molecule has 0 aromatic heterocycles. The molecular formula is C9H11NY-2. The SMILES string of the molecule is CC.[CH-]=Nc1[c-]cccc1.[Y]. The van der Waals surface area contributed by atoms with Gasteiger partial charge in [-0.2, -0.15) is 24.9 Å². The monoisotopic (exact) mass is 222 g/mol. The first-order chi connectivity index (χ1) is 4.93. The maximum absolute atomic E-state index is 4.94.